The zero-order valence-corrected chi connectivity index (χ0v) is 20.9. The number of aliphatic carboxylic acids is 1. The average molecular weight is 512 g/mol. The number of halogens is 1. The number of carboxylic acids is 1. The molecular formula is C26H26ClN3O6. The van der Waals surface area contributed by atoms with Crippen LogP contribution in [0.5, 0.6) is 17.2 Å². The highest BCUT2D eigenvalue weighted by atomic mass is 35.5. The molecule has 9 nitrogen and oxygen atoms in total. The van der Waals surface area contributed by atoms with Crippen molar-refractivity contribution in [1.29, 1.82) is 0 Å². The van der Waals surface area contributed by atoms with Crippen LogP contribution in [0.4, 0.5) is 0 Å². The number of pyridine rings is 1. The van der Waals surface area contributed by atoms with Crippen LogP contribution in [-0.2, 0) is 9.59 Å². The van der Waals surface area contributed by atoms with Crippen LogP contribution in [0.2, 0.25) is 5.15 Å². The molecule has 4 rings (SSSR count). The molecule has 1 unspecified atom stereocenters. The van der Waals surface area contributed by atoms with Crippen LogP contribution in [-0.4, -0.2) is 54.0 Å². The number of hydrogen-bond acceptors (Lipinski definition) is 7. The second-order valence-electron chi connectivity index (χ2n) is 8.25. The van der Waals surface area contributed by atoms with Gasteiger partial charge in [0.05, 0.1) is 38.6 Å². The third-order valence-corrected chi connectivity index (χ3v) is 6.33. The quantitative estimate of drug-likeness (QED) is 0.409. The molecule has 1 aliphatic rings. The largest absolute Gasteiger partial charge is 0.497 e. The van der Waals surface area contributed by atoms with Gasteiger partial charge in [-0.1, -0.05) is 11.6 Å². The zero-order chi connectivity index (χ0) is 25.8. The third kappa shape index (κ3) is 5.21. The normalized spacial score (nSPS) is 15.1. The lowest BCUT2D eigenvalue weighted by molar-refractivity contribution is -0.137. The van der Waals surface area contributed by atoms with Crippen molar-refractivity contribution in [2.75, 3.05) is 21.3 Å². The molecule has 36 heavy (non-hydrogen) atoms. The number of fused-ring (bicyclic) bond motifs is 1. The number of carboxylic acid groups (broad SMARTS) is 1. The first-order valence-corrected chi connectivity index (χ1v) is 11.7. The maximum atomic E-state index is 13.2. The number of carbonyl (C=O) groups is 2. The van der Waals surface area contributed by atoms with Crippen LogP contribution in [0.15, 0.2) is 47.6 Å². The molecule has 0 aliphatic carbocycles. The summed E-state index contributed by atoms with van der Waals surface area (Å²) in [7, 11) is 4.70. The summed E-state index contributed by atoms with van der Waals surface area (Å²) in [6.07, 6.45) is 0.510. The number of benzene rings is 2. The fourth-order valence-electron chi connectivity index (χ4n) is 4.19. The Morgan fingerprint density at radius 1 is 1.03 bits per heavy atom. The smallest absolute Gasteiger partial charge is 0.303 e. The van der Waals surface area contributed by atoms with Gasteiger partial charge in [-0.15, -0.1) is 0 Å². The molecule has 1 aromatic heterocycles. The van der Waals surface area contributed by atoms with Crippen molar-refractivity contribution < 1.29 is 28.9 Å². The van der Waals surface area contributed by atoms with Crippen molar-refractivity contribution in [2.24, 2.45) is 5.10 Å². The van der Waals surface area contributed by atoms with E-state index >= 15 is 0 Å². The number of rotatable bonds is 9. The molecule has 1 aliphatic heterocycles. The molecule has 2 heterocycles. The highest BCUT2D eigenvalue weighted by molar-refractivity contribution is 6.30. The molecule has 10 heteroatoms. The first-order chi connectivity index (χ1) is 17.3. The van der Waals surface area contributed by atoms with E-state index in [0.29, 0.717) is 40.5 Å². The Morgan fingerprint density at radius 3 is 2.44 bits per heavy atom. The van der Waals surface area contributed by atoms with Crippen LogP contribution in [0.1, 0.15) is 42.9 Å². The van der Waals surface area contributed by atoms with Crippen LogP contribution >= 0.6 is 11.6 Å². The molecule has 3 aromatic rings. The summed E-state index contributed by atoms with van der Waals surface area (Å²) in [5, 5.41) is 16.1. The van der Waals surface area contributed by atoms with Crippen molar-refractivity contribution in [3.8, 4) is 17.2 Å². The highest BCUT2D eigenvalue weighted by Gasteiger charge is 2.35. The van der Waals surface area contributed by atoms with Crippen LogP contribution in [0, 0.1) is 0 Å². The summed E-state index contributed by atoms with van der Waals surface area (Å²) in [5.41, 5.74) is 2.67. The van der Waals surface area contributed by atoms with Gasteiger partial charge in [-0.2, -0.15) is 5.10 Å². The van der Waals surface area contributed by atoms with Gasteiger partial charge in [-0.05, 0) is 36.8 Å². The van der Waals surface area contributed by atoms with Gasteiger partial charge >= 0.3 is 5.97 Å². The Bertz CT molecular complexity index is 1340. The van der Waals surface area contributed by atoms with E-state index in [1.54, 1.807) is 39.5 Å². The first kappa shape index (κ1) is 25.2. The molecule has 1 N–H and O–H groups in total. The van der Waals surface area contributed by atoms with Gasteiger partial charge in [0.1, 0.15) is 22.4 Å². The molecule has 0 spiro atoms. The van der Waals surface area contributed by atoms with E-state index in [4.69, 9.17) is 30.9 Å². The maximum Gasteiger partial charge on any atom is 0.303 e. The summed E-state index contributed by atoms with van der Waals surface area (Å²) in [6.45, 7) is 0. The zero-order valence-electron chi connectivity index (χ0n) is 20.2. The highest BCUT2D eigenvalue weighted by Crippen LogP contribution is 2.39. The lowest BCUT2D eigenvalue weighted by Gasteiger charge is -2.23. The molecule has 1 atom stereocenters. The van der Waals surface area contributed by atoms with Crippen molar-refractivity contribution in [3.05, 3.63) is 58.7 Å². The van der Waals surface area contributed by atoms with E-state index in [1.807, 2.05) is 24.3 Å². The minimum absolute atomic E-state index is 0.0369. The number of methoxy groups -OCH3 is 3. The molecule has 0 radical (unpaired) electrons. The second-order valence-corrected chi connectivity index (χ2v) is 8.60. The number of ether oxygens (including phenoxy) is 3. The van der Waals surface area contributed by atoms with Gasteiger partial charge in [0, 0.05) is 47.9 Å². The predicted molar refractivity (Wildman–Crippen MR) is 135 cm³/mol. The molecule has 0 saturated heterocycles. The fourth-order valence-corrected chi connectivity index (χ4v) is 4.46. The van der Waals surface area contributed by atoms with Gasteiger partial charge in [0.15, 0.2) is 0 Å². The van der Waals surface area contributed by atoms with Crippen LogP contribution in [0.3, 0.4) is 0 Å². The van der Waals surface area contributed by atoms with Gasteiger partial charge in [0.25, 0.3) is 0 Å². The summed E-state index contributed by atoms with van der Waals surface area (Å²) < 4.78 is 16.1. The van der Waals surface area contributed by atoms with Crippen LogP contribution < -0.4 is 14.2 Å². The van der Waals surface area contributed by atoms with E-state index in [2.05, 4.69) is 10.1 Å². The third-order valence-electron chi connectivity index (χ3n) is 6.03. The summed E-state index contributed by atoms with van der Waals surface area (Å²) >= 11 is 6.63. The Hall–Kier alpha value is -3.85. The number of nitrogens with zero attached hydrogens (tertiary/aromatic N) is 3. The monoisotopic (exact) mass is 511 g/mol. The molecule has 0 bridgehead atoms. The molecule has 188 valence electrons. The number of carbonyl (C=O) groups excluding carboxylic acids is 1. The number of hydrogen-bond donors (Lipinski definition) is 1. The van der Waals surface area contributed by atoms with Gasteiger partial charge < -0.3 is 19.3 Å². The van der Waals surface area contributed by atoms with E-state index < -0.39 is 12.0 Å². The summed E-state index contributed by atoms with van der Waals surface area (Å²) in [4.78, 5) is 28.7. The maximum absolute atomic E-state index is 13.2. The fraction of sp³-hybridized carbons (Fsp3) is 0.308. The summed E-state index contributed by atoms with van der Waals surface area (Å²) in [5.74, 6) is 0.596. The Kier molecular flexibility index (Phi) is 7.59. The van der Waals surface area contributed by atoms with E-state index in [0.717, 1.165) is 10.9 Å². The number of aromatic nitrogens is 1. The molecule has 2 aromatic carbocycles. The van der Waals surface area contributed by atoms with Gasteiger partial charge in [0.2, 0.25) is 5.91 Å². The van der Waals surface area contributed by atoms with E-state index in [1.165, 1.54) is 5.01 Å². The second kappa shape index (κ2) is 10.8. The van der Waals surface area contributed by atoms with Crippen molar-refractivity contribution in [3.63, 3.8) is 0 Å². The number of hydrazone groups is 1. The Labute approximate surface area is 213 Å². The SMILES string of the molecule is COc1ccc(C2=NN(C(=O)CCCC(=O)O)C(c3cc4ccc(OC)cc4nc3Cl)C2)c(OC)c1. The summed E-state index contributed by atoms with van der Waals surface area (Å²) in [6, 6.07) is 12.3. The van der Waals surface area contributed by atoms with E-state index in [-0.39, 0.29) is 30.3 Å². The van der Waals surface area contributed by atoms with Crippen molar-refractivity contribution in [2.45, 2.75) is 31.7 Å². The minimum Gasteiger partial charge on any atom is -0.497 e. The predicted octanol–water partition coefficient (Wildman–Crippen LogP) is 4.85. The van der Waals surface area contributed by atoms with Crippen molar-refractivity contribution in [1.82, 2.24) is 9.99 Å². The average Bonchev–Trinajstić information content (AvgIpc) is 3.32. The first-order valence-electron chi connectivity index (χ1n) is 11.3. The lowest BCUT2D eigenvalue weighted by atomic mass is 9.97. The molecule has 0 fully saturated rings. The standard InChI is InChI=1S/C26H26ClN3O6/c1-34-16-8-7-15-11-19(26(27)28-20(15)12-16)22-14-21(18-10-9-17(35-2)13-23(18)36-3)29-30(22)24(31)5-4-6-25(32)33/h7-13,22H,4-6,14H2,1-3H3,(H,32,33). The van der Waals surface area contributed by atoms with Gasteiger partial charge in [-0.3, -0.25) is 9.59 Å². The Balaban J connectivity index is 1.74. The lowest BCUT2D eigenvalue weighted by Crippen LogP contribution is -2.27. The van der Waals surface area contributed by atoms with Gasteiger partial charge in [-0.25, -0.2) is 9.99 Å². The van der Waals surface area contributed by atoms with Crippen LogP contribution in [0.25, 0.3) is 10.9 Å². The number of amides is 1. The molecule has 0 saturated carbocycles. The molecular weight excluding hydrogens is 486 g/mol. The molecule has 1 amide bonds. The minimum atomic E-state index is -0.954. The Morgan fingerprint density at radius 2 is 1.75 bits per heavy atom. The van der Waals surface area contributed by atoms with Crippen molar-refractivity contribution >= 4 is 40.1 Å². The van der Waals surface area contributed by atoms with E-state index in [9.17, 15) is 9.59 Å². The topological polar surface area (TPSA) is 111 Å².